The molecule has 0 heterocycles. The molecule has 0 rings (SSSR count). The van der Waals surface area contributed by atoms with Crippen LogP contribution in [-0.4, -0.2) is 0 Å². The molecule has 0 spiro atoms. The van der Waals surface area contributed by atoms with Crippen LogP contribution in [-0.2, 0) is 0 Å². The quantitative estimate of drug-likeness (QED) is 0.500. The Kier molecular flexibility index (Phi) is 6.96. The summed E-state index contributed by atoms with van der Waals surface area (Å²) in [5.41, 5.74) is 1.37. The molecule has 0 radical (unpaired) electrons. The highest BCUT2D eigenvalue weighted by atomic mass is 14.2. The van der Waals surface area contributed by atoms with Crippen LogP contribution in [0.15, 0.2) is 12.2 Å². The summed E-state index contributed by atoms with van der Waals surface area (Å²) in [6.07, 6.45) is 5.33. The van der Waals surface area contributed by atoms with Gasteiger partial charge < -0.3 is 0 Å². The minimum atomic E-state index is 0.759. The summed E-state index contributed by atoms with van der Waals surface area (Å²) >= 11 is 0. The van der Waals surface area contributed by atoms with Crippen LogP contribution in [0.5, 0.6) is 0 Å². The Morgan fingerprint density at radius 3 is 2.07 bits per heavy atom. The Morgan fingerprint density at radius 1 is 1.14 bits per heavy atom. The number of rotatable bonds is 7. The second kappa shape index (κ2) is 7.09. The topological polar surface area (TPSA) is 0 Å². The van der Waals surface area contributed by atoms with Gasteiger partial charge in [-0.3, -0.25) is 0 Å². The molecule has 0 aliphatic carbocycles. The Balaban J connectivity index is 3.66. The highest BCUT2D eigenvalue weighted by Crippen LogP contribution is 2.23. The molecule has 14 heavy (non-hydrogen) atoms. The molecule has 0 saturated heterocycles. The van der Waals surface area contributed by atoms with Gasteiger partial charge in [0.1, 0.15) is 0 Å². The van der Waals surface area contributed by atoms with Gasteiger partial charge in [-0.1, -0.05) is 52.7 Å². The maximum atomic E-state index is 4.06. The molecule has 0 amide bonds. The fourth-order valence-electron chi connectivity index (χ4n) is 1.82. The van der Waals surface area contributed by atoms with E-state index in [4.69, 9.17) is 0 Å². The van der Waals surface area contributed by atoms with Gasteiger partial charge in [-0.2, -0.15) is 0 Å². The van der Waals surface area contributed by atoms with Crippen LogP contribution in [0.2, 0.25) is 0 Å². The largest absolute Gasteiger partial charge is 0.0999 e. The van der Waals surface area contributed by atoms with Crippen molar-refractivity contribution in [2.24, 2.45) is 17.8 Å². The standard InChI is InChI=1S/C14H28/c1-7-14(12(4)5)10-8-9-13(6)11(2)3/h11,13-14H,4,7-10H2,1-3,5-6H3. The van der Waals surface area contributed by atoms with Gasteiger partial charge >= 0.3 is 0 Å². The van der Waals surface area contributed by atoms with Crippen molar-refractivity contribution >= 4 is 0 Å². The lowest BCUT2D eigenvalue weighted by Gasteiger charge is -2.18. The van der Waals surface area contributed by atoms with Crippen LogP contribution in [0.3, 0.4) is 0 Å². The van der Waals surface area contributed by atoms with Crippen molar-refractivity contribution in [1.29, 1.82) is 0 Å². The lowest BCUT2D eigenvalue weighted by atomic mass is 9.88. The van der Waals surface area contributed by atoms with Gasteiger partial charge in [0.25, 0.3) is 0 Å². The third kappa shape index (κ3) is 5.47. The van der Waals surface area contributed by atoms with Gasteiger partial charge in [0.05, 0.1) is 0 Å². The van der Waals surface area contributed by atoms with E-state index in [2.05, 4.69) is 41.2 Å². The first-order valence-corrected chi connectivity index (χ1v) is 6.14. The van der Waals surface area contributed by atoms with E-state index < -0.39 is 0 Å². The lowest BCUT2D eigenvalue weighted by molar-refractivity contribution is 0.363. The molecule has 0 saturated carbocycles. The molecule has 2 unspecified atom stereocenters. The molecule has 0 N–H and O–H groups in total. The van der Waals surface area contributed by atoms with Crippen LogP contribution >= 0.6 is 0 Å². The first kappa shape index (κ1) is 13.7. The number of hydrogen-bond acceptors (Lipinski definition) is 0. The SMILES string of the molecule is C=C(C)C(CC)CCCC(C)C(C)C. The van der Waals surface area contributed by atoms with Crippen molar-refractivity contribution in [3.8, 4) is 0 Å². The molecular formula is C14H28. The maximum absolute atomic E-state index is 4.06. The van der Waals surface area contributed by atoms with E-state index in [0.29, 0.717) is 0 Å². The summed E-state index contributed by atoms with van der Waals surface area (Å²) in [6.45, 7) is 15.5. The van der Waals surface area contributed by atoms with Gasteiger partial charge in [0.15, 0.2) is 0 Å². The van der Waals surface area contributed by atoms with Crippen molar-refractivity contribution in [3.05, 3.63) is 12.2 Å². The molecule has 84 valence electrons. The van der Waals surface area contributed by atoms with Crippen LogP contribution in [0.25, 0.3) is 0 Å². The van der Waals surface area contributed by atoms with Crippen molar-refractivity contribution in [2.45, 2.75) is 60.3 Å². The minimum Gasteiger partial charge on any atom is -0.0999 e. The number of hydrogen-bond donors (Lipinski definition) is 0. The normalized spacial score (nSPS) is 15.6. The lowest BCUT2D eigenvalue weighted by Crippen LogP contribution is -2.06. The Morgan fingerprint density at radius 2 is 1.71 bits per heavy atom. The van der Waals surface area contributed by atoms with E-state index in [1.165, 1.54) is 31.3 Å². The van der Waals surface area contributed by atoms with E-state index in [1.807, 2.05) is 0 Å². The molecular weight excluding hydrogens is 168 g/mol. The molecule has 0 aliphatic rings. The minimum absolute atomic E-state index is 0.759. The molecule has 0 heteroatoms. The Labute approximate surface area is 90.8 Å². The van der Waals surface area contributed by atoms with Crippen molar-refractivity contribution in [1.82, 2.24) is 0 Å². The highest BCUT2D eigenvalue weighted by Gasteiger charge is 2.10. The van der Waals surface area contributed by atoms with E-state index in [-0.39, 0.29) is 0 Å². The summed E-state index contributed by atoms with van der Waals surface area (Å²) < 4.78 is 0. The van der Waals surface area contributed by atoms with E-state index in [0.717, 1.165) is 17.8 Å². The third-order valence-corrected chi connectivity index (χ3v) is 3.54. The maximum Gasteiger partial charge on any atom is -0.0211 e. The molecule has 0 nitrogen and oxygen atoms in total. The van der Waals surface area contributed by atoms with Crippen LogP contribution < -0.4 is 0 Å². The summed E-state index contributed by atoms with van der Waals surface area (Å²) in [7, 11) is 0. The van der Waals surface area contributed by atoms with Gasteiger partial charge in [-0.15, -0.1) is 0 Å². The zero-order valence-electron chi connectivity index (χ0n) is 10.8. The average Bonchev–Trinajstić information content (AvgIpc) is 2.11. The molecule has 0 aliphatic heterocycles. The summed E-state index contributed by atoms with van der Waals surface area (Å²) in [5, 5.41) is 0. The first-order valence-electron chi connectivity index (χ1n) is 6.14. The molecule has 2 atom stereocenters. The highest BCUT2D eigenvalue weighted by molar-refractivity contribution is 4.95. The second-order valence-electron chi connectivity index (χ2n) is 5.10. The zero-order chi connectivity index (χ0) is 11.1. The Hall–Kier alpha value is -0.260. The summed E-state index contributed by atoms with van der Waals surface area (Å²) in [4.78, 5) is 0. The van der Waals surface area contributed by atoms with Gasteiger partial charge in [0.2, 0.25) is 0 Å². The first-order chi connectivity index (χ1) is 6.49. The second-order valence-corrected chi connectivity index (χ2v) is 5.10. The fourth-order valence-corrected chi connectivity index (χ4v) is 1.82. The van der Waals surface area contributed by atoms with E-state index in [9.17, 15) is 0 Å². The molecule has 0 fully saturated rings. The van der Waals surface area contributed by atoms with Crippen molar-refractivity contribution in [3.63, 3.8) is 0 Å². The van der Waals surface area contributed by atoms with E-state index >= 15 is 0 Å². The number of allylic oxidation sites excluding steroid dienone is 1. The molecule has 0 aromatic rings. The van der Waals surface area contributed by atoms with Gasteiger partial charge in [0, 0.05) is 0 Å². The smallest absolute Gasteiger partial charge is 0.0211 e. The molecule has 0 aromatic carbocycles. The zero-order valence-corrected chi connectivity index (χ0v) is 10.8. The Bertz CT molecular complexity index is 155. The third-order valence-electron chi connectivity index (χ3n) is 3.54. The van der Waals surface area contributed by atoms with Crippen molar-refractivity contribution < 1.29 is 0 Å². The average molecular weight is 196 g/mol. The van der Waals surface area contributed by atoms with E-state index in [1.54, 1.807) is 0 Å². The van der Waals surface area contributed by atoms with Gasteiger partial charge in [-0.25, -0.2) is 0 Å². The van der Waals surface area contributed by atoms with Crippen molar-refractivity contribution in [2.75, 3.05) is 0 Å². The fraction of sp³-hybridized carbons (Fsp3) is 0.857. The predicted octanol–water partition coefficient (Wildman–Crippen LogP) is 5.05. The monoisotopic (exact) mass is 196 g/mol. The van der Waals surface area contributed by atoms with Crippen LogP contribution in [0.4, 0.5) is 0 Å². The summed E-state index contributed by atoms with van der Waals surface area (Å²) in [6, 6.07) is 0. The molecule has 0 bridgehead atoms. The molecule has 0 aromatic heterocycles. The van der Waals surface area contributed by atoms with Gasteiger partial charge in [-0.05, 0) is 37.5 Å². The van der Waals surface area contributed by atoms with Crippen LogP contribution in [0, 0.1) is 17.8 Å². The summed E-state index contributed by atoms with van der Waals surface area (Å²) in [5.74, 6) is 2.46. The van der Waals surface area contributed by atoms with Crippen LogP contribution in [0.1, 0.15) is 60.3 Å². The predicted molar refractivity (Wildman–Crippen MR) is 66.4 cm³/mol.